The number of nitrogens with one attached hydrogen (secondary N) is 1. The summed E-state index contributed by atoms with van der Waals surface area (Å²) in [5.41, 5.74) is -0.0694. The molecule has 2 fully saturated rings. The van der Waals surface area contributed by atoms with Gasteiger partial charge in [0.15, 0.2) is 0 Å². The molecule has 3 rings (SSSR count). The maximum Gasteiger partial charge on any atom is 0.115 e. The van der Waals surface area contributed by atoms with E-state index < -0.39 is 0 Å². The fourth-order valence-electron chi connectivity index (χ4n) is 2.77. The SMILES string of the molecule is OCC1(NC2CC2)CCC(Sc2ncccc2Cl)C1. The number of rotatable bonds is 5. The molecular formula is C14H19ClN2OS. The highest BCUT2D eigenvalue weighted by Gasteiger charge is 2.42. The van der Waals surface area contributed by atoms with Gasteiger partial charge in [-0.2, -0.15) is 0 Å². The number of aliphatic hydroxyl groups is 1. The highest BCUT2D eigenvalue weighted by Crippen LogP contribution is 2.42. The van der Waals surface area contributed by atoms with Crippen LogP contribution in [-0.2, 0) is 0 Å². The fourth-order valence-corrected chi connectivity index (χ4v) is 4.29. The largest absolute Gasteiger partial charge is 0.394 e. The Morgan fingerprint density at radius 2 is 2.32 bits per heavy atom. The van der Waals surface area contributed by atoms with E-state index in [1.54, 1.807) is 18.0 Å². The third kappa shape index (κ3) is 3.24. The van der Waals surface area contributed by atoms with Crippen LogP contribution in [0.5, 0.6) is 0 Å². The zero-order valence-electron chi connectivity index (χ0n) is 10.8. The Kier molecular flexibility index (Phi) is 4.03. The topological polar surface area (TPSA) is 45.1 Å². The zero-order valence-corrected chi connectivity index (χ0v) is 12.4. The molecule has 0 bridgehead atoms. The molecule has 2 aliphatic carbocycles. The van der Waals surface area contributed by atoms with E-state index in [-0.39, 0.29) is 12.1 Å². The van der Waals surface area contributed by atoms with Gasteiger partial charge in [-0.25, -0.2) is 4.98 Å². The molecule has 3 nitrogen and oxygen atoms in total. The minimum atomic E-state index is -0.0694. The van der Waals surface area contributed by atoms with E-state index in [1.165, 1.54) is 12.8 Å². The van der Waals surface area contributed by atoms with Gasteiger partial charge in [-0.15, -0.1) is 11.8 Å². The first kappa shape index (κ1) is 13.7. The van der Waals surface area contributed by atoms with Crippen LogP contribution >= 0.6 is 23.4 Å². The van der Waals surface area contributed by atoms with Crippen molar-refractivity contribution in [1.29, 1.82) is 0 Å². The predicted octanol–water partition coefficient (Wildman–Crippen LogP) is 2.86. The van der Waals surface area contributed by atoms with Gasteiger partial charge in [0.2, 0.25) is 0 Å². The number of thioether (sulfide) groups is 1. The van der Waals surface area contributed by atoms with E-state index in [2.05, 4.69) is 10.3 Å². The van der Waals surface area contributed by atoms with Crippen molar-refractivity contribution in [2.24, 2.45) is 0 Å². The van der Waals surface area contributed by atoms with E-state index in [0.717, 1.165) is 29.3 Å². The second kappa shape index (κ2) is 5.60. The van der Waals surface area contributed by atoms with Crippen LogP contribution in [-0.4, -0.2) is 33.5 Å². The molecule has 5 heteroatoms. The highest BCUT2D eigenvalue weighted by molar-refractivity contribution is 8.00. The maximum atomic E-state index is 9.72. The summed E-state index contributed by atoms with van der Waals surface area (Å²) in [5, 5.41) is 15.5. The lowest BCUT2D eigenvalue weighted by molar-refractivity contribution is 0.163. The molecular weight excluding hydrogens is 280 g/mol. The Balaban J connectivity index is 1.63. The second-order valence-electron chi connectivity index (χ2n) is 5.63. The molecule has 2 saturated carbocycles. The van der Waals surface area contributed by atoms with Crippen molar-refractivity contribution in [3.63, 3.8) is 0 Å². The van der Waals surface area contributed by atoms with Crippen molar-refractivity contribution in [1.82, 2.24) is 10.3 Å². The minimum Gasteiger partial charge on any atom is -0.394 e. The summed E-state index contributed by atoms with van der Waals surface area (Å²) >= 11 is 7.90. The Bertz CT molecular complexity index is 455. The van der Waals surface area contributed by atoms with Crippen LogP contribution in [0.1, 0.15) is 32.1 Å². The third-order valence-corrected chi connectivity index (χ3v) is 5.66. The number of halogens is 1. The molecule has 19 heavy (non-hydrogen) atoms. The summed E-state index contributed by atoms with van der Waals surface area (Å²) in [6.07, 6.45) is 7.44. The monoisotopic (exact) mass is 298 g/mol. The molecule has 1 heterocycles. The Morgan fingerprint density at radius 3 is 3.00 bits per heavy atom. The maximum absolute atomic E-state index is 9.72. The van der Waals surface area contributed by atoms with Crippen molar-refractivity contribution in [2.75, 3.05) is 6.61 Å². The first-order chi connectivity index (χ1) is 9.21. The average molecular weight is 299 g/mol. The lowest BCUT2D eigenvalue weighted by Crippen LogP contribution is -2.47. The number of aromatic nitrogens is 1. The van der Waals surface area contributed by atoms with E-state index in [0.29, 0.717) is 11.3 Å². The standard InChI is InChI=1S/C14H19ClN2OS/c15-12-2-1-7-16-13(12)19-11-5-6-14(8-11,9-18)17-10-3-4-10/h1-2,7,10-11,17-18H,3-6,8-9H2. The van der Waals surface area contributed by atoms with Gasteiger partial charge in [0.1, 0.15) is 5.03 Å². The van der Waals surface area contributed by atoms with Crippen LogP contribution in [0.3, 0.4) is 0 Å². The smallest absolute Gasteiger partial charge is 0.115 e. The van der Waals surface area contributed by atoms with Crippen LogP contribution in [0.2, 0.25) is 5.02 Å². The van der Waals surface area contributed by atoms with Crippen LogP contribution in [0.15, 0.2) is 23.4 Å². The molecule has 1 aromatic heterocycles. The van der Waals surface area contributed by atoms with Crippen molar-refractivity contribution in [2.45, 2.75) is 54.0 Å². The molecule has 2 N–H and O–H groups in total. The van der Waals surface area contributed by atoms with E-state index >= 15 is 0 Å². The molecule has 1 aromatic rings. The molecule has 0 saturated heterocycles. The van der Waals surface area contributed by atoms with Crippen LogP contribution in [0.25, 0.3) is 0 Å². The molecule has 0 aliphatic heterocycles. The van der Waals surface area contributed by atoms with Gasteiger partial charge >= 0.3 is 0 Å². The molecule has 0 spiro atoms. The lowest BCUT2D eigenvalue weighted by Gasteiger charge is -2.28. The number of pyridine rings is 1. The van der Waals surface area contributed by atoms with Crippen LogP contribution < -0.4 is 5.32 Å². The number of hydrogen-bond acceptors (Lipinski definition) is 4. The highest BCUT2D eigenvalue weighted by atomic mass is 35.5. The number of hydrogen-bond donors (Lipinski definition) is 2. The number of nitrogens with zero attached hydrogens (tertiary/aromatic N) is 1. The summed E-state index contributed by atoms with van der Waals surface area (Å²) in [6, 6.07) is 4.37. The summed E-state index contributed by atoms with van der Waals surface area (Å²) in [6.45, 7) is 0.233. The summed E-state index contributed by atoms with van der Waals surface area (Å²) in [7, 11) is 0. The van der Waals surface area contributed by atoms with Gasteiger partial charge in [0.25, 0.3) is 0 Å². The van der Waals surface area contributed by atoms with Gasteiger partial charge in [-0.1, -0.05) is 11.6 Å². The second-order valence-corrected chi connectivity index (χ2v) is 7.33. The summed E-state index contributed by atoms with van der Waals surface area (Å²) in [4.78, 5) is 4.34. The van der Waals surface area contributed by atoms with E-state index in [9.17, 15) is 5.11 Å². The van der Waals surface area contributed by atoms with Gasteiger partial charge in [-0.3, -0.25) is 0 Å². The molecule has 2 unspecified atom stereocenters. The van der Waals surface area contributed by atoms with Crippen LogP contribution in [0, 0.1) is 0 Å². The van der Waals surface area contributed by atoms with Gasteiger partial charge < -0.3 is 10.4 Å². The normalized spacial score (nSPS) is 30.7. The van der Waals surface area contributed by atoms with Crippen molar-refractivity contribution < 1.29 is 5.11 Å². The quantitative estimate of drug-likeness (QED) is 0.877. The molecule has 2 aliphatic rings. The Labute approximate surface area is 123 Å². The molecule has 2 atom stereocenters. The summed E-state index contributed by atoms with van der Waals surface area (Å²) in [5.74, 6) is 0. The first-order valence-corrected chi connectivity index (χ1v) is 8.12. The molecule has 104 valence electrons. The van der Waals surface area contributed by atoms with Crippen molar-refractivity contribution >= 4 is 23.4 Å². The van der Waals surface area contributed by atoms with E-state index in [1.807, 2.05) is 12.1 Å². The van der Waals surface area contributed by atoms with Crippen molar-refractivity contribution in [3.8, 4) is 0 Å². The van der Waals surface area contributed by atoms with Gasteiger partial charge in [-0.05, 0) is 44.2 Å². The van der Waals surface area contributed by atoms with Crippen LogP contribution in [0.4, 0.5) is 0 Å². The average Bonchev–Trinajstić information content (AvgIpc) is 3.13. The lowest BCUT2D eigenvalue weighted by atomic mass is 9.99. The summed E-state index contributed by atoms with van der Waals surface area (Å²) < 4.78 is 0. The fraction of sp³-hybridized carbons (Fsp3) is 0.643. The van der Waals surface area contributed by atoms with Gasteiger partial charge in [0, 0.05) is 23.0 Å². The Hall–Kier alpha value is -0.290. The number of aliphatic hydroxyl groups excluding tert-OH is 1. The van der Waals surface area contributed by atoms with Crippen molar-refractivity contribution in [3.05, 3.63) is 23.4 Å². The van der Waals surface area contributed by atoms with Gasteiger partial charge in [0.05, 0.1) is 11.6 Å². The minimum absolute atomic E-state index is 0.0694. The Morgan fingerprint density at radius 1 is 1.47 bits per heavy atom. The molecule has 0 aromatic carbocycles. The zero-order chi connectivity index (χ0) is 13.3. The first-order valence-electron chi connectivity index (χ1n) is 6.86. The predicted molar refractivity (Wildman–Crippen MR) is 78.7 cm³/mol. The van der Waals surface area contributed by atoms with E-state index in [4.69, 9.17) is 11.6 Å². The molecule has 0 amide bonds. The molecule has 0 radical (unpaired) electrons. The third-order valence-electron chi connectivity index (χ3n) is 3.96.